The summed E-state index contributed by atoms with van der Waals surface area (Å²) < 4.78 is 10.5. The zero-order valence-electron chi connectivity index (χ0n) is 20.0. The largest absolute Gasteiger partial charge is 0.480 e. The lowest BCUT2D eigenvalue weighted by molar-refractivity contribution is -0.157. The molecule has 1 rings (SSSR count). The molecule has 1 aliphatic heterocycles. The van der Waals surface area contributed by atoms with Crippen LogP contribution in [0.1, 0.15) is 60.8 Å². The van der Waals surface area contributed by atoms with E-state index < -0.39 is 59.2 Å². The van der Waals surface area contributed by atoms with Crippen LogP contribution in [0.4, 0.5) is 4.79 Å². The van der Waals surface area contributed by atoms with Crippen molar-refractivity contribution in [3.05, 3.63) is 0 Å². The Kier molecular flexibility index (Phi) is 10.5. The number of ether oxygens (including phenoxy) is 2. The molecule has 3 atom stereocenters. The van der Waals surface area contributed by atoms with Crippen molar-refractivity contribution in [2.45, 2.75) is 90.1 Å². The first-order valence-corrected chi connectivity index (χ1v) is 11.9. The molecule has 0 spiro atoms. The maximum atomic E-state index is 12.6. The monoisotopic (exact) mass is 489 g/mol. The average molecular weight is 490 g/mol. The van der Waals surface area contributed by atoms with Crippen LogP contribution in [0.15, 0.2) is 0 Å². The lowest BCUT2D eigenvalue weighted by Crippen LogP contribution is -2.54. The van der Waals surface area contributed by atoms with Crippen LogP contribution in [0.3, 0.4) is 0 Å². The summed E-state index contributed by atoms with van der Waals surface area (Å²) in [6.07, 6.45) is -0.801. The minimum Gasteiger partial charge on any atom is -0.480 e. The summed E-state index contributed by atoms with van der Waals surface area (Å²) in [5, 5.41) is 16.6. The van der Waals surface area contributed by atoms with Gasteiger partial charge >= 0.3 is 18.0 Å². The minimum atomic E-state index is -1.14. The molecule has 3 amide bonds. The summed E-state index contributed by atoms with van der Waals surface area (Å²) in [5.41, 5.74) is -1.58. The van der Waals surface area contributed by atoms with E-state index in [0.29, 0.717) is 12.2 Å². The molecule has 33 heavy (non-hydrogen) atoms. The molecule has 4 N–H and O–H groups in total. The van der Waals surface area contributed by atoms with Gasteiger partial charge in [-0.15, -0.1) is 0 Å². The molecule has 1 saturated heterocycles. The third-order valence-electron chi connectivity index (χ3n) is 4.14. The van der Waals surface area contributed by atoms with Gasteiger partial charge in [0.15, 0.2) is 0 Å². The van der Waals surface area contributed by atoms with E-state index in [9.17, 15) is 24.0 Å². The van der Waals surface area contributed by atoms with Gasteiger partial charge in [-0.05, 0) is 60.1 Å². The Bertz CT molecular complexity index is 745. The average Bonchev–Trinajstić information content (AvgIpc) is 2.61. The molecule has 1 aliphatic rings. The standard InChI is InChI=1S/C21H35N3O8S/c1-20(2,3)31-18(29)13(24-19(30)32-21(4,5)6)7-8-15(25)22-14-11-33-10-9-12(17(27)28)23-16(14)26/h12-14H,7-11H2,1-6H3,(H,22,25)(H,23,26)(H,24,30)(H,27,28)/t12?,13-,14-/m0/s1. The lowest BCUT2D eigenvalue weighted by atomic mass is 10.1. The van der Waals surface area contributed by atoms with Gasteiger partial charge in [-0.1, -0.05) is 0 Å². The number of alkyl carbamates (subject to hydrolysis) is 1. The van der Waals surface area contributed by atoms with E-state index in [1.807, 2.05) is 0 Å². The molecule has 1 heterocycles. The fourth-order valence-corrected chi connectivity index (χ4v) is 3.77. The first-order valence-electron chi connectivity index (χ1n) is 10.7. The zero-order chi connectivity index (χ0) is 25.4. The van der Waals surface area contributed by atoms with Gasteiger partial charge in [-0.2, -0.15) is 11.8 Å². The van der Waals surface area contributed by atoms with Crippen LogP contribution >= 0.6 is 11.8 Å². The van der Waals surface area contributed by atoms with Gasteiger partial charge in [-0.25, -0.2) is 14.4 Å². The lowest BCUT2D eigenvalue weighted by Gasteiger charge is -2.26. The molecular weight excluding hydrogens is 454 g/mol. The van der Waals surface area contributed by atoms with Crippen LogP contribution in [0, 0.1) is 0 Å². The fourth-order valence-electron chi connectivity index (χ4n) is 2.73. The van der Waals surface area contributed by atoms with E-state index in [-0.39, 0.29) is 18.6 Å². The Hall–Kier alpha value is -2.50. The molecule has 0 aromatic carbocycles. The zero-order valence-corrected chi connectivity index (χ0v) is 20.8. The molecule has 0 bridgehead atoms. The van der Waals surface area contributed by atoms with Crippen LogP contribution < -0.4 is 16.0 Å². The van der Waals surface area contributed by atoms with Gasteiger partial charge in [0.2, 0.25) is 11.8 Å². The summed E-state index contributed by atoms with van der Waals surface area (Å²) in [7, 11) is 0. The molecule has 12 heteroatoms. The molecule has 0 aromatic rings. The van der Waals surface area contributed by atoms with Crippen molar-refractivity contribution in [2.24, 2.45) is 0 Å². The van der Waals surface area contributed by atoms with E-state index in [0.717, 1.165) is 0 Å². The summed E-state index contributed by atoms with van der Waals surface area (Å²) in [6, 6.07) is -3.07. The molecule has 1 unspecified atom stereocenters. The van der Waals surface area contributed by atoms with Gasteiger partial charge in [0.25, 0.3) is 0 Å². The number of nitrogens with one attached hydrogen (secondary N) is 3. The van der Waals surface area contributed by atoms with E-state index in [1.165, 1.54) is 11.8 Å². The van der Waals surface area contributed by atoms with Crippen molar-refractivity contribution < 1.29 is 38.6 Å². The minimum absolute atomic E-state index is 0.0841. The van der Waals surface area contributed by atoms with Gasteiger partial charge in [0.1, 0.15) is 29.3 Å². The van der Waals surface area contributed by atoms with Crippen LogP contribution in [-0.4, -0.2) is 75.8 Å². The second kappa shape index (κ2) is 12.1. The molecular formula is C21H35N3O8S. The number of esters is 1. The molecule has 0 aromatic heterocycles. The fraction of sp³-hybridized carbons (Fsp3) is 0.762. The number of amides is 3. The second-order valence-corrected chi connectivity index (χ2v) is 10.8. The summed E-state index contributed by atoms with van der Waals surface area (Å²) in [5.74, 6) is -2.16. The first kappa shape index (κ1) is 28.5. The molecule has 11 nitrogen and oxygen atoms in total. The van der Waals surface area contributed by atoms with E-state index in [2.05, 4.69) is 16.0 Å². The number of aliphatic carboxylic acids is 1. The van der Waals surface area contributed by atoms with E-state index in [4.69, 9.17) is 14.6 Å². The Morgan fingerprint density at radius 2 is 1.73 bits per heavy atom. The highest BCUT2D eigenvalue weighted by Gasteiger charge is 2.31. The third kappa shape index (κ3) is 11.8. The Morgan fingerprint density at radius 1 is 1.12 bits per heavy atom. The van der Waals surface area contributed by atoms with Crippen molar-refractivity contribution in [1.82, 2.24) is 16.0 Å². The number of carbonyl (C=O) groups excluding carboxylic acids is 4. The number of hydrogen-bond acceptors (Lipinski definition) is 8. The summed E-state index contributed by atoms with van der Waals surface area (Å²) >= 11 is 1.37. The molecule has 0 saturated carbocycles. The van der Waals surface area contributed by atoms with Crippen molar-refractivity contribution in [3.63, 3.8) is 0 Å². The third-order valence-corrected chi connectivity index (χ3v) is 5.24. The highest BCUT2D eigenvalue weighted by Crippen LogP contribution is 2.14. The molecule has 0 radical (unpaired) electrons. The quantitative estimate of drug-likeness (QED) is 0.385. The first-order chi connectivity index (χ1) is 15.1. The summed E-state index contributed by atoms with van der Waals surface area (Å²) in [4.78, 5) is 60.7. The highest BCUT2D eigenvalue weighted by molar-refractivity contribution is 7.99. The van der Waals surface area contributed by atoms with Crippen LogP contribution in [0.25, 0.3) is 0 Å². The maximum absolute atomic E-state index is 12.6. The Balaban J connectivity index is 2.76. The number of carboxylic acid groups (broad SMARTS) is 1. The smallest absolute Gasteiger partial charge is 0.408 e. The van der Waals surface area contributed by atoms with Gasteiger partial charge < -0.3 is 30.5 Å². The van der Waals surface area contributed by atoms with Crippen molar-refractivity contribution in [1.29, 1.82) is 0 Å². The van der Waals surface area contributed by atoms with E-state index >= 15 is 0 Å². The number of hydrogen-bond donors (Lipinski definition) is 4. The van der Waals surface area contributed by atoms with Gasteiger partial charge in [0, 0.05) is 12.2 Å². The van der Waals surface area contributed by atoms with Crippen LogP contribution in [-0.2, 0) is 28.7 Å². The number of rotatable bonds is 7. The van der Waals surface area contributed by atoms with E-state index in [1.54, 1.807) is 41.5 Å². The van der Waals surface area contributed by atoms with Crippen LogP contribution in [0.2, 0.25) is 0 Å². The predicted octanol–water partition coefficient (Wildman–Crippen LogP) is 1.19. The van der Waals surface area contributed by atoms with Gasteiger partial charge in [-0.3, -0.25) is 9.59 Å². The van der Waals surface area contributed by atoms with Crippen molar-refractivity contribution in [2.75, 3.05) is 11.5 Å². The SMILES string of the molecule is CC(C)(C)OC(=O)N[C@@H](CCC(=O)N[C@H]1CSCCC(C(=O)O)NC1=O)C(=O)OC(C)(C)C. The Morgan fingerprint density at radius 3 is 2.27 bits per heavy atom. The molecule has 0 aliphatic carbocycles. The van der Waals surface area contributed by atoms with Crippen molar-refractivity contribution >= 4 is 41.6 Å². The van der Waals surface area contributed by atoms with Gasteiger partial charge in [0.05, 0.1) is 0 Å². The maximum Gasteiger partial charge on any atom is 0.408 e. The van der Waals surface area contributed by atoms with Crippen LogP contribution in [0.5, 0.6) is 0 Å². The molecule has 188 valence electrons. The Labute approximate surface area is 198 Å². The number of carboxylic acids is 1. The summed E-state index contributed by atoms with van der Waals surface area (Å²) in [6.45, 7) is 10.1. The normalized spacial score (nSPS) is 20.4. The van der Waals surface area contributed by atoms with Crippen molar-refractivity contribution in [3.8, 4) is 0 Å². The predicted molar refractivity (Wildman–Crippen MR) is 122 cm³/mol. The number of thioether (sulfide) groups is 1. The molecule has 1 fully saturated rings. The second-order valence-electron chi connectivity index (χ2n) is 9.65. The number of carbonyl (C=O) groups is 5. The highest BCUT2D eigenvalue weighted by atomic mass is 32.2. The topological polar surface area (TPSA) is 160 Å².